The minimum absolute atomic E-state index is 0.188. The summed E-state index contributed by atoms with van der Waals surface area (Å²) in [4.78, 5) is 12.0. The summed E-state index contributed by atoms with van der Waals surface area (Å²) < 4.78 is 0.971. The molecule has 1 heterocycles. The van der Waals surface area contributed by atoms with Crippen molar-refractivity contribution in [3.63, 3.8) is 0 Å². The molecule has 0 saturated heterocycles. The first-order valence-electron chi connectivity index (χ1n) is 4.89. The first kappa shape index (κ1) is 12.1. The number of carbonyl (C=O) groups is 1. The van der Waals surface area contributed by atoms with E-state index >= 15 is 0 Å². The van der Waals surface area contributed by atoms with Crippen molar-refractivity contribution in [1.29, 1.82) is 0 Å². The van der Waals surface area contributed by atoms with Crippen molar-refractivity contribution in [2.24, 2.45) is 0 Å². The second-order valence-corrected chi connectivity index (χ2v) is 5.48. The Bertz CT molecular complexity index is 592. The Morgan fingerprint density at radius 2 is 2.18 bits per heavy atom. The first-order chi connectivity index (χ1) is 8.00. The molecule has 0 radical (unpaired) electrons. The van der Waals surface area contributed by atoms with Crippen LogP contribution in [0.4, 0.5) is 5.69 Å². The van der Waals surface area contributed by atoms with Crippen LogP contribution in [-0.4, -0.2) is 11.1 Å². The summed E-state index contributed by atoms with van der Waals surface area (Å²) in [5.41, 5.74) is 8.06. The standard InChI is InChI=1S/C12H10BrNO2S/c1-6-3-2-4-7(10(6)13)9-5-8(14)11(17-9)12(15)16/h2-5H,14H2,1H3,(H,15,16). The highest BCUT2D eigenvalue weighted by Gasteiger charge is 2.15. The molecule has 88 valence electrons. The molecule has 2 aromatic rings. The Kier molecular flexibility index (Phi) is 3.22. The maximum Gasteiger partial charge on any atom is 0.348 e. The molecule has 0 aliphatic heterocycles. The number of aromatic carboxylic acids is 1. The number of anilines is 1. The van der Waals surface area contributed by atoms with Gasteiger partial charge in [0.2, 0.25) is 0 Å². The molecule has 1 aromatic heterocycles. The van der Waals surface area contributed by atoms with E-state index in [1.165, 1.54) is 11.3 Å². The Morgan fingerprint density at radius 1 is 1.47 bits per heavy atom. The van der Waals surface area contributed by atoms with Crippen molar-refractivity contribution in [2.75, 3.05) is 5.73 Å². The van der Waals surface area contributed by atoms with Gasteiger partial charge in [-0.15, -0.1) is 11.3 Å². The molecule has 0 fully saturated rings. The van der Waals surface area contributed by atoms with Gasteiger partial charge >= 0.3 is 5.97 Å². The SMILES string of the molecule is Cc1cccc(-c2cc(N)c(C(=O)O)s2)c1Br. The second kappa shape index (κ2) is 4.50. The van der Waals surface area contributed by atoms with Gasteiger partial charge in [0.1, 0.15) is 4.88 Å². The number of nitrogens with two attached hydrogens (primary N) is 1. The van der Waals surface area contributed by atoms with Crippen LogP contribution in [0.2, 0.25) is 0 Å². The summed E-state index contributed by atoms with van der Waals surface area (Å²) in [7, 11) is 0. The molecule has 0 saturated carbocycles. The third kappa shape index (κ3) is 2.21. The molecule has 5 heteroatoms. The van der Waals surface area contributed by atoms with Gasteiger partial charge in [0.05, 0.1) is 5.69 Å². The third-order valence-corrected chi connectivity index (χ3v) is 4.64. The monoisotopic (exact) mass is 311 g/mol. The fourth-order valence-electron chi connectivity index (χ4n) is 1.54. The zero-order chi connectivity index (χ0) is 12.6. The largest absolute Gasteiger partial charge is 0.477 e. The Labute approximate surface area is 111 Å². The number of hydrogen-bond donors (Lipinski definition) is 2. The highest BCUT2D eigenvalue weighted by Crippen LogP contribution is 2.38. The number of halogens is 1. The van der Waals surface area contributed by atoms with Gasteiger partial charge in [-0.3, -0.25) is 0 Å². The van der Waals surface area contributed by atoms with Crippen LogP contribution in [0, 0.1) is 6.92 Å². The van der Waals surface area contributed by atoms with E-state index in [1.54, 1.807) is 6.07 Å². The Hall–Kier alpha value is -1.33. The van der Waals surface area contributed by atoms with Crippen LogP contribution in [0.5, 0.6) is 0 Å². The van der Waals surface area contributed by atoms with E-state index < -0.39 is 5.97 Å². The molecule has 17 heavy (non-hydrogen) atoms. The van der Waals surface area contributed by atoms with Crippen molar-refractivity contribution in [2.45, 2.75) is 6.92 Å². The lowest BCUT2D eigenvalue weighted by Crippen LogP contribution is -1.96. The Balaban J connectivity index is 2.58. The number of thiophene rings is 1. The van der Waals surface area contributed by atoms with Gasteiger partial charge in [-0.1, -0.05) is 18.2 Å². The molecule has 0 spiro atoms. The summed E-state index contributed by atoms with van der Waals surface area (Å²) in [6, 6.07) is 7.57. The predicted molar refractivity (Wildman–Crippen MR) is 73.6 cm³/mol. The first-order valence-corrected chi connectivity index (χ1v) is 6.49. The van der Waals surface area contributed by atoms with Gasteiger partial charge in [0.15, 0.2) is 0 Å². The fourth-order valence-corrected chi connectivity index (χ4v) is 3.10. The van der Waals surface area contributed by atoms with E-state index in [1.807, 2.05) is 25.1 Å². The molecule has 0 atom stereocenters. The van der Waals surface area contributed by atoms with Gasteiger partial charge in [0, 0.05) is 14.9 Å². The number of hydrogen-bond acceptors (Lipinski definition) is 3. The predicted octanol–water partition coefficient (Wildman–Crippen LogP) is 3.77. The quantitative estimate of drug-likeness (QED) is 0.887. The van der Waals surface area contributed by atoms with Crippen molar-refractivity contribution in [3.05, 3.63) is 39.2 Å². The summed E-state index contributed by atoms with van der Waals surface area (Å²) in [6.07, 6.45) is 0. The van der Waals surface area contributed by atoms with E-state index in [2.05, 4.69) is 15.9 Å². The van der Waals surface area contributed by atoms with Gasteiger partial charge in [-0.2, -0.15) is 0 Å². The number of rotatable bonds is 2. The van der Waals surface area contributed by atoms with Gasteiger partial charge in [-0.25, -0.2) is 4.79 Å². The van der Waals surface area contributed by atoms with E-state index in [0.717, 1.165) is 20.5 Å². The van der Waals surface area contributed by atoms with Crippen molar-refractivity contribution in [1.82, 2.24) is 0 Å². The number of nitrogen functional groups attached to an aromatic ring is 1. The maximum atomic E-state index is 10.9. The third-order valence-electron chi connectivity index (χ3n) is 2.41. The summed E-state index contributed by atoms with van der Waals surface area (Å²) in [5, 5.41) is 8.97. The van der Waals surface area contributed by atoms with Crippen molar-refractivity contribution >= 4 is 38.9 Å². The lowest BCUT2D eigenvalue weighted by molar-refractivity contribution is 0.0703. The summed E-state index contributed by atoms with van der Waals surface area (Å²) in [6.45, 7) is 1.99. The van der Waals surface area contributed by atoms with Crippen LogP contribution in [0.1, 0.15) is 15.2 Å². The molecule has 0 bridgehead atoms. The highest BCUT2D eigenvalue weighted by atomic mass is 79.9. The fraction of sp³-hybridized carbons (Fsp3) is 0.0833. The van der Waals surface area contributed by atoms with E-state index in [9.17, 15) is 4.79 Å². The molecule has 0 aliphatic rings. The molecule has 3 nitrogen and oxygen atoms in total. The zero-order valence-corrected chi connectivity index (χ0v) is 11.4. The molecular formula is C12H10BrNO2S. The van der Waals surface area contributed by atoms with Crippen LogP contribution < -0.4 is 5.73 Å². The minimum atomic E-state index is -0.984. The lowest BCUT2D eigenvalue weighted by Gasteiger charge is -2.03. The molecule has 0 unspecified atom stereocenters. The molecular weight excluding hydrogens is 302 g/mol. The molecule has 1 aromatic carbocycles. The van der Waals surface area contributed by atoms with Gasteiger partial charge in [-0.05, 0) is 34.5 Å². The van der Waals surface area contributed by atoms with E-state index in [-0.39, 0.29) is 4.88 Å². The second-order valence-electron chi connectivity index (χ2n) is 3.64. The van der Waals surface area contributed by atoms with E-state index in [0.29, 0.717) is 5.69 Å². The lowest BCUT2D eigenvalue weighted by atomic mass is 10.1. The van der Waals surface area contributed by atoms with Crippen molar-refractivity contribution < 1.29 is 9.90 Å². The van der Waals surface area contributed by atoms with Crippen LogP contribution in [0.3, 0.4) is 0 Å². The number of aryl methyl sites for hydroxylation is 1. The average molecular weight is 312 g/mol. The number of carboxylic acid groups (broad SMARTS) is 1. The van der Waals surface area contributed by atoms with Crippen LogP contribution >= 0.6 is 27.3 Å². The minimum Gasteiger partial charge on any atom is -0.477 e. The summed E-state index contributed by atoms with van der Waals surface area (Å²) in [5.74, 6) is -0.984. The zero-order valence-electron chi connectivity index (χ0n) is 9.03. The Morgan fingerprint density at radius 3 is 2.76 bits per heavy atom. The van der Waals surface area contributed by atoms with Gasteiger partial charge < -0.3 is 10.8 Å². The van der Waals surface area contributed by atoms with E-state index in [4.69, 9.17) is 10.8 Å². The molecule has 0 amide bonds. The number of carboxylic acids is 1. The van der Waals surface area contributed by atoms with Crippen LogP contribution in [-0.2, 0) is 0 Å². The van der Waals surface area contributed by atoms with Gasteiger partial charge in [0.25, 0.3) is 0 Å². The highest BCUT2D eigenvalue weighted by molar-refractivity contribution is 9.10. The van der Waals surface area contributed by atoms with Crippen molar-refractivity contribution in [3.8, 4) is 10.4 Å². The smallest absolute Gasteiger partial charge is 0.348 e. The maximum absolute atomic E-state index is 10.9. The summed E-state index contributed by atoms with van der Waals surface area (Å²) >= 11 is 4.70. The molecule has 3 N–H and O–H groups in total. The topological polar surface area (TPSA) is 63.3 Å². The van der Waals surface area contributed by atoms with Crippen LogP contribution in [0.15, 0.2) is 28.7 Å². The number of benzene rings is 1. The van der Waals surface area contributed by atoms with Crippen LogP contribution in [0.25, 0.3) is 10.4 Å². The molecule has 0 aliphatic carbocycles. The average Bonchev–Trinajstić information content (AvgIpc) is 2.64. The molecule has 2 rings (SSSR count). The normalized spacial score (nSPS) is 10.5.